The smallest absolute Gasteiger partial charge is 0.335 e. The number of rotatable bonds is 69. The number of ether oxygens (including phenoxy) is 2. The molecule has 0 bridgehead atoms. The third-order valence-corrected chi connectivity index (χ3v) is 25.7. The Morgan fingerprint density at radius 1 is 0.338 bits per heavy atom. The van der Waals surface area contributed by atoms with Crippen LogP contribution in [-0.4, -0.2) is 294 Å². The van der Waals surface area contributed by atoms with Gasteiger partial charge in [-0.1, -0.05) is 28.7 Å². The summed E-state index contributed by atoms with van der Waals surface area (Å²) < 4.78 is 9.41. The zero-order valence-electron chi connectivity index (χ0n) is 74.7. The zero-order valence-corrected chi connectivity index (χ0v) is 90.8. The number of carbonyl (C=O) groups is 16. The van der Waals surface area contributed by atoms with Crippen molar-refractivity contribution in [1.29, 1.82) is 0 Å². The lowest BCUT2D eigenvalue weighted by Gasteiger charge is -2.35. The van der Waals surface area contributed by atoms with Crippen molar-refractivity contribution in [3.05, 3.63) is 35.4 Å². The van der Waals surface area contributed by atoms with Crippen molar-refractivity contribution in [1.82, 2.24) is 53.2 Å². The van der Waals surface area contributed by atoms with Crippen LogP contribution < -0.4 is 53.2 Å². The van der Waals surface area contributed by atoms with Crippen LogP contribution in [0.3, 0.4) is 0 Å². The van der Waals surface area contributed by atoms with Crippen molar-refractivity contribution in [2.75, 3.05) is 141 Å². The summed E-state index contributed by atoms with van der Waals surface area (Å²) in [5.74, 6) is 3.17. The lowest BCUT2D eigenvalue weighted by molar-refractivity contribution is -0.144. The van der Waals surface area contributed by atoms with E-state index in [2.05, 4.69) is 285 Å². The highest BCUT2D eigenvalue weighted by Crippen LogP contribution is 2.27. The van der Waals surface area contributed by atoms with Crippen molar-refractivity contribution < 1.29 is 96.4 Å². The monoisotopic (exact) mass is 2210 g/mol. The number of amides is 10. The predicted octanol–water partition coefficient (Wildman–Crippen LogP) is 9.86. The molecule has 0 fully saturated rings. The van der Waals surface area contributed by atoms with Crippen LogP contribution in [0.25, 0.3) is 0 Å². The zero-order chi connectivity index (χ0) is 99.9. The number of aliphatic carboxylic acids is 1. The topological polar surface area (TPSA) is 452 Å². The average Bonchev–Trinajstić information content (AvgIpc) is 0.883. The summed E-state index contributed by atoms with van der Waals surface area (Å²) in [4.78, 5) is 181. The first kappa shape index (κ1) is 146. The van der Waals surface area contributed by atoms with E-state index < -0.39 is 54.3 Å². The Hall–Kier alpha value is -2.24. The van der Waals surface area contributed by atoms with Gasteiger partial charge in [0.2, 0.25) is 53.2 Å². The first-order valence-electron chi connectivity index (χ1n) is 42.3. The Kier molecular flexibility index (Phi) is 105. The van der Waals surface area contributed by atoms with Gasteiger partial charge in [-0.2, -0.15) is 227 Å². The molecule has 48 heteroatoms. The van der Waals surface area contributed by atoms with Gasteiger partial charge < -0.3 is 87.2 Å². The molecular weight excluding hydrogens is 2060 g/mol. The molecule has 776 valence electrons. The maximum absolute atomic E-state index is 12.4. The van der Waals surface area contributed by atoms with E-state index in [1.54, 1.807) is 6.92 Å². The number of thiol groups is 18. The Bertz CT molecular complexity index is 3260. The van der Waals surface area contributed by atoms with E-state index in [9.17, 15) is 76.7 Å². The van der Waals surface area contributed by atoms with Crippen molar-refractivity contribution in [2.45, 2.75) is 246 Å². The van der Waals surface area contributed by atoms with Gasteiger partial charge in [-0.3, -0.25) is 52.7 Å². The fourth-order valence-corrected chi connectivity index (χ4v) is 18.2. The molecule has 0 saturated carbocycles. The minimum Gasteiger partial charge on any atom is -0.480 e. The second-order valence-corrected chi connectivity index (χ2v) is 39.0. The average molecular weight is 2220 g/mol. The van der Waals surface area contributed by atoms with E-state index in [0.29, 0.717) is 79.4 Å². The number of unbranched alkanes of at least 4 members (excludes halogenated alkanes) is 1. The lowest BCUT2D eigenvalue weighted by Crippen LogP contribution is -2.55. The number of benzene rings is 1. The Morgan fingerprint density at radius 2 is 0.707 bits per heavy atom. The summed E-state index contributed by atoms with van der Waals surface area (Å²) in [7, 11) is 0. The molecule has 1 aromatic carbocycles. The molecule has 0 aliphatic carbocycles. The molecule has 0 aliphatic heterocycles. The lowest BCUT2D eigenvalue weighted by atomic mass is 9.84. The predicted molar refractivity (Wildman–Crippen MR) is 602 cm³/mol. The van der Waals surface area contributed by atoms with Crippen LogP contribution in [0.4, 0.5) is 0 Å². The molecule has 12 N–H and O–H groups in total. The van der Waals surface area contributed by atoms with E-state index >= 15 is 0 Å². The first-order valence-corrected chi connectivity index (χ1v) is 53.0. The summed E-state index contributed by atoms with van der Waals surface area (Å²) in [5, 5.41) is 44.5. The standard InChI is InChI=1S/C18H34N2O3S3.C17H24N2O4S3.C14H26N2O3S3.C13H24N2O4S3.C10H18N2O5S3.C10H20OS3.3CH4/c1-15(21)6-2-7-16(22)19-14-17(23)20-18(8-3-11-24,9-4-12-25)10-5-13-26;20-15(19-13(2-1-8-24)14(26)7-9-25)10-18-16(21)11-3-5-12(6-4-11)17(22)23;1-10(17)3-2-4-13(18)16-9-14(19)15-8-12(22)7-11(21)5-6-20;1-9(16)7-19-8-13(18)15-6-12(17)14-5-11(22)4-10(21)2-3-20;13-7(12-10(4-18,5-19)6-20)1-11-8(14)2-17-3-9(15)16;1-8(11)4-2-3-5-10(14)9(6-12)7-13;;;/h24-26H,2-14H2,1H3,(H,19,22)(H,20,23);3-6,13-14,24-26H,1-2,7-10H2,(H,18,21)(H,19,20)(H,22,23);11-12,20-22H,2-9H2,1H3,(H,15,19)(H,16,18);10-11,20-22H,2-8H2,1H3,(H,14,17)(H,15,18);18-20H,1-6H2,(H,11,14)(H,12,13)(H,15,16);9-10,12-14H,2-7H2,1H3;3*1H4. The molecule has 0 aromatic heterocycles. The number of aromatic carboxylic acids is 1. The quantitative estimate of drug-likeness (QED) is 0.0213. The van der Waals surface area contributed by atoms with Gasteiger partial charge in [0.05, 0.1) is 43.8 Å². The first-order chi connectivity index (χ1) is 61.5. The van der Waals surface area contributed by atoms with Crippen LogP contribution in [0.2, 0.25) is 0 Å². The largest absolute Gasteiger partial charge is 0.480 e. The SMILES string of the molecule is C.C.C.CC(=O)CCCC(=O)NCC(=O)NC(CCCS)(CCCS)CCCS.CC(=O)CCCC(=O)NCC(=O)NCC(S)CC(S)CCS.CC(=O)CCCCC(S)C(CS)CS.CC(=O)COCC(=O)NCC(=O)NCC(S)CC(S)CCS.O=C(CNC(=O)c1ccc(C(=O)O)cc1)NC(CCCS)C(S)CCS.O=C(O)COCC(=O)NCC(=O)NC(CS)(CS)CS. The molecule has 0 radical (unpaired) electrons. The fraction of sp³-hybridized carbons (Fsp3) is 0.741. The van der Waals surface area contributed by atoms with Crippen molar-refractivity contribution in [3.63, 3.8) is 0 Å². The number of carboxylic acids is 2. The molecule has 7 atom stereocenters. The number of ketones is 4. The third kappa shape index (κ3) is 90.8. The van der Waals surface area contributed by atoms with E-state index in [0.717, 1.165) is 149 Å². The molecule has 0 saturated heterocycles. The molecule has 1 rings (SSSR count). The molecule has 10 amide bonds. The summed E-state index contributed by atoms with van der Waals surface area (Å²) in [6, 6.07) is 5.38. The van der Waals surface area contributed by atoms with Gasteiger partial charge in [-0.05, 0) is 219 Å². The van der Waals surface area contributed by atoms with E-state index in [4.69, 9.17) is 14.9 Å². The van der Waals surface area contributed by atoms with Crippen molar-refractivity contribution in [2.24, 2.45) is 5.92 Å². The minimum atomic E-state index is -1.17. The van der Waals surface area contributed by atoms with Crippen LogP contribution in [-0.2, 0) is 76.6 Å². The molecule has 0 aliphatic rings. The molecule has 0 heterocycles. The van der Waals surface area contributed by atoms with Crippen LogP contribution in [0.5, 0.6) is 0 Å². The maximum Gasteiger partial charge on any atom is 0.335 e. The summed E-state index contributed by atoms with van der Waals surface area (Å²) in [6.45, 7) is 4.86. The van der Waals surface area contributed by atoms with Crippen LogP contribution in [0.15, 0.2) is 24.3 Å². The third-order valence-electron chi connectivity index (χ3n) is 17.9. The summed E-state index contributed by atoms with van der Waals surface area (Å²) in [5.41, 5.74) is -0.548. The number of carbonyl (C=O) groups excluding carboxylic acids is 14. The Labute approximate surface area is 891 Å². The Balaban J connectivity index is -0.000000236. The highest BCUT2D eigenvalue weighted by molar-refractivity contribution is 7.84. The molecule has 30 nitrogen and oxygen atoms in total. The van der Waals surface area contributed by atoms with Gasteiger partial charge >= 0.3 is 11.9 Å². The molecule has 133 heavy (non-hydrogen) atoms. The number of Topliss-reactive ketones (excluding diaryl/α,β-unsaturated/α-hetero) is 4. The number of hydrogen-bond acceptors (Lipinski definition) is 36. The molecule has 7 unspecified atom stereocenters. The van der Waals surface area contributed by atoms with Gasteiger partial charge in [0.15, 0.2) is 5.78 Å². The molecule has 0 spiro atoms. The number of nitrogens with one attached hydrogen (secondary N) is 10. The van der Waals surface area contributed by atoms with Gasteiger partial charge in [-0.15, -0.1) is 0 Å². The number of carboxylic acid groups (broad SMARTS) is 2. The van der Waals surface area contributed by atoms with Crippen molar-refractivity contribution >= 4 is 321 Å². The van der Waals surface area contributed by atoms with Crippen LogP contribution >= 0.6 is 227 Å². The van der Waals surface area contributed by atoms with Gasteiger partial charge in [0.1, 0.15) is 43.8 Å². The second kappa shape index (κ2) is 95.9. The van der Waals surface area contributed by atoms with Gasteiger partial charge in [-0.25, -0.2) is 9.59 Å². The maximum atomic E-state index is 12.4. The fourth-order valence-electron chi connectivity index (χ4n) is 10.7. The van der Waals surface area contributed by atoms with E-state index in [-0.39, 0.29) is 189 Å². The van der Waals surface area contributed by atoms with E-state index in [1.165, 1.54) is 45.0 Å². The highest BCUT2D eigenvalue weighted by Gasteiger charge is 2.32. The highest BCUT2D eigenvalue weighted by atomic mass is 32.1. The molecular formula is C85H158N10O20S18. The van der Waals surface area contributed by atoms with Crippen LogP contribution in [0, 0.1) is 5.92 Å². The van der Waals surface area contributed by atoms with Gasteiger partial charge in [0.25, 0.3) is 5.91 Å². The molecule has 1 aromatic rings. The number of hydrogen-bond donors (Lipinski definition) is 30. The Morgan fingerprint density at radius 3 is 1.07 bits per heavy atom. The summed E-state index contributed by atoms with van der Waals surface area (Å²) in [6.07, 6.45) is 17.1. The van der Waals surface area contributed by atoms with Crippen LogP contribution in [0.1, 0.15) is 218 Å². The minimum absolute atomic E-state index is 0. The van der Waals surface area contributed by atoms with Crippen molar-refractivity contribution in [3.8, 4) is 0 Å². The van der Waals surface area contributed by atoms with Gasteiger partial charge in [0, 0.05) is 111 Å². The second-order valence-electron chi connectivity index (χ2n) is 30.0. The summed E-state index contributed by atoms with van der Waals surface area (Å²) >= 11 is 77.1. The van der Waals surface area contributed by atoms with E-state index in [1.807, 2.05) is 0 Å². The normalized spacial score (nSPS) is 12.1.